The van der Waals surface area contributed by atoms with Gasteiger partial charge in [-0.25, -0.2) is 0 Å². The van der Waals surface area contributed by atoms with Crippen LogP contribution >= 0.6 is 15.9 Å². The van der Waals surface area contributed by atoms with Gasteiger partial charge in [-0.05, 0) is 31.5 Å². The molecule has 4 N–H and O–H groups in total. The summed E-state index contributed by atoms with van der Waals surface area (Å²) in [6.07, 6.45) is 1.15. The Morgan fingerprint density at radius 1 is 1.35 bits per heavy atom. The average Bonchev–Trinajstić information content (AvgIpc) is 2.37. The van der Waals surface area contributed by atoms with Gasteiger partial charge >= 0.3 is 0 Å². The lowest BCUT2D eigenvalue weighted by Gasteiger charge is -2.11. The molecule has 0 aliphatic rings. The number of nitrogens with one attached hydrogen (secondary N) is 2. The molecule has 0 aromatic heterocycles. The van der Waals surface area contributed by atoms with Crippen LogP contribution < -0.4 is 16.4 Å². The van der Waals surface area contributed by atoms with Crippen LogP contribution in [0.25, 0.3) is 0 Å². The summed E-state index contributed by atoms with van der Waals surface area (Å²) in [4.78, 5) is 23.4. The highest BCUT2D eigenvalue weighted by Crippen LogP contribution is 2.17. The Morgan fingerprint density at radius 2 is 2.05 bits per heavy atom. The van der Waals surface area contributed by atoms with Crippen molar-refractivity contribution in [2.24, 2.45) is 0 Å². The van der Waals surface area contributed by atoms with Crippen LogP contribution in [-0.2, 0) is 4.79 Å². The fraction of sp³-hybridized carbons (Fsp3) is 0.429. The quantitative estimate of drug-likeness (QED) is 0.692. The molecular formula is C14H20BrN3O2. The highest BCUT2D eigenvalue weighted by atomic mass is 79.9. The third kappa shape index (κ3) is 5.61. The molecule has 5 nitrogen and oxygen atoms in total. The number of carbonyl (C=O) groups is 2. The predicted molar refractivity (Wildman–Crippen MR) is 83.4 cm³/mol. The van der Waals surface area contributed by atoms with Crippen molar-refractivity contribution in [1.29, 1.82) is 0 Å². The summed E-state index contributed by atoms with van der Waals surface area (Å²) in [6.45, 7) is 4.25. The van der Waals surface area contributed by atoms with Crippen LogP contribution in [0, 0.1) is 0 Å². The van der Waals surface area contributed by atoms with E-state index in [4.69, 9.17) is 5.73 Å². The highest BCUT2D eigenvalue weighted by Gasteiger charge is 2.09. The van der Waals surface area contributed by atoms with E-state index in [1.54, 1.807) is 18.2 Å². The number of benzene rings is 1. The number of rotatable bonds is 6. The third-order valence-electron chi connectivity index (χ3n) is 2.84. The van der Waals surface area contributed by atoms with Crippen molar-refractivity contribution in [1.82, 2.24) is 10.6 Å². The Hall–Kier alpha value is -1.56. The molecule has 0 saturated carbocycles. The molecule has 1 unspecified atom stereocenters. The molecule has 0 radical (unpaired) electrons. The van der Waals surface area contributed by atoms with E-state index in [1.807, 2.05) is 13.8 Å². The van der Waals surface area contributed by atoms with Crippen molar-refractivity contribution >= 4 is 33.4 Å². The number of hydrogen-bond acceptors (Lipinski definition) is 3. The van der Waals surface area contributed by atoms with Gasteiger partial charge in [0, 0.05) is 34.7 Å². The van der Waals surface area contributed by atoms with Crippen LogP contribution in [0.3, 0.4) is 0 Å². The zero-order valence-electron chi connectivity index (χ0n) is 11.7. The van der Waals surface area contributed by atoms with Crippen LogP contribution in [-0.4, -0.2) is 24.4 Å². The van der Waals surface area contributed by atoms with Gasteiger partial charge in [0.2, 0.25) is 5.91 Å². The Kier molecular flexibility index (Phi) is 6.51. The van der Waals surface area contributed by atoms with E-state index in [9.17, 15) is 9.59 Å². The molecule has 0 aliphatic heterocycles. The summed E-state index contributed by atoms with van der Waals surface area (Å²) >= 11 is 3.28. The van der Waals surface area contributed by atoms with Crippen LogP contribution in [0.15, 0.2) is 22.7 Å². The summed E-state index contributed by atoms with van der Waals surface area (Å²) in [5.41, 5.74) is 6.65. The minimum Gasteiger partial charge on any atom is -0.399 e. The minimum atomic E-state index is -0.241. The second kappa shape index (κ2) is 7.89. The van der Waals surface area contributed by atoms with Gasteiger partial charge in [-0.1, -0.05) is 22.9 Å². The first-order valence-electron chi connectivity index (χ1n) is 6.56. The van der Waals surface area contributed by atoms with E-state index in [0.29, 0.717) is 17.8 Å². The lowest BCUT2D eigenvalue weighted by molar-refractivity contribution is -0.121. The number of amides is 2. The zero-order chi connectivity index (χ0) is 15.1. The molecular weight excluding hydrogens is 322 g/mol. The maximum atomic E-state index is 11.9. The van der Waals surface area contributed by atoms with Gasteiger partial charge in [-0.3, -0.25) is 9.59 Å². The Labute approximate surface area is 127 Å². The lowest BCUT2D eigenvalue weighted by Crippen LogP contribution is -2.35. The number of carbonyl (C=O) groups excluding carboxylic acids is 2. The zero-order valence-corrected chi connectivity index (χ0v) is 13.3. The second-order valence-electron chi connectivity index (χ2n) is 4.66. The molecule has 0 heterocycles. The van der Waals surface area contributed by atoms with Crippen molar-refractivity contribution in [2.45, 2.75) is 32.7 Å². The van der Waals surface area contributed by atoms with E-state index >= 15 is 0 Å². The van der Waals surface area contributed by atoms with E-state index < -0.39 is 0 Å². The number of halogens is 1. The summed E-state index contributed by atoms with van der Waals surface area (Å²) in [6, 6.07) is 5.16. The first-order valence-corrected chi connectivity index (χ1v) is 7.35. The number of nitrogens with two attached hydrogens (primary N) is 1. The van der Waals surface area contributed by atoms with Crippen molar-refractivity contribution in [3.8, 4) is 0 Å². The topological polar surface area (TPSA) is 84.2 Å². The van der Waals surface area contributed by atoms with Crippen molar-refractivity contribution in [2.75, 3.05) is 12.3 Å². The summed E-state index contributed by atoms with van der Waals surface area (Å²) in [5.74, 6) is -0.303. The molecule has 0 fully saturated rings. The van der Waals surface area contributed by atoms with E-state index in [2.05, 4.69) is 26.6 Å². The number of anilines is 1. The van der Waals surface area contributed by atoms with Gasteiger partial charge in [-0.15, -0.1) is 0 Å². The Balaban J connectivity index is 2.42. The van der Waals surface area contributed by atoms with Crippen molar-refractivity contribution in [3.05, 3.63) is 28.2 Å². The number of hydrogen-bond donors (Lipinski definition) is 3. The van der Waals surface area contributed by atoms with E-state index in [1.165, 1.54) is 0 Å². The monoisotopic (exact) mass is 341 g/mol. The minimum absolute atomic E-state index is 0.0617. The van der Waals surface area contributed by atoms with Crippen molar-refractivity contribution < 1.29 is 9.59 Å². The molecule has 0 saturated heterocycles. The molecule has 110 valence electrons. The molecule has 2 amide bonds. The first-order chi connectivity index (χ1) is 9.42. The predicted octanol–water partition coefficient (Wildman–Crippen LogP) is 2.07. The van der Waals surface area contributed by atoms with Crippen molar-refractivity contribution in [3.63, 3.8) is 0 Å². The normalized spacial score (nSPS) is 11.8. The average molecular weight is 342 g/mol. The van der Waals surface area contributed by atoms with Crippen LogP contribution in [0.5, 0.6) is 0 Å². The molecule has 1 atom stereocenters. The smallest absolute Gasteiger partial charge is 0.251 e. The standard InChI is InChI=1S/C14H20BrN3O2/c1-3-9(2)18-13(19)4-5-17-14(20)10-6-11(15)8-12(16)7-10/h6-9H,3-5,16H2,1-2H3,(H,17,20)(H,18,19). The van der Waals surface area contributed by atoms with Gasteiger partial charge in [0.05, 0.1) is 0 Å². The van der Waals surface area contributed by atoms with Gasteiger partial charge in [0.15, 0.2) is 0 Å². The molecule has 1 rings (SSSR count). The Bertz CT molecular complexity index is 471. The largest absolute Gasteiger partial charge is 0.399 e. The SMILES string of the molecule is CCC(C)NC(=O)CCNC(=O)c1cc(N)cc(Br)c1. The van der Waals surface area contributed by atoms with E-state index in [-0.39, 0.29) is 24.3 Å². The second-order valence-corrected chi connectivity index (χ2v) is 5.57. The Morgan fingerprint density at radius 3 is 2.65 bits per heavy atom. The van der Waals surface area contributed by atoms with Gasteiger partial charge in [0.25, 0.3) is 5.91 Å². The molecule has 6 heteroatoms. The van der Waals surface area contributed by atoms with Crippen LogP contribution in [0.4, 0.5) is 5.69 Å². The van der Waals surface area contributed by atoms with Gasteiger partial charge in [0.1, 0.15) is 0 Å². The fourth-order valence-electron chi connectivity index (χ4n) is 1.58. The summed E-state index contributed by atoms with van der Waals surface area (Å²) in [7, 11) is 0. The molecule has 0 bridgehead atoms. The number of nitrogen functional groups attached to an aromatic ring is 1. The summed E-state index contributed by atoms with van der Waals surface area (Å²) in [5, 5.41) is 5.54. The molecule has 20 heavy (non-hydrogen) atoms. The van der Waals surface area contributed by atoms with Crippen LogP contribution in [0.2, 0.25) is 0 Å². The van der Waals surface area contributed by atoms with Crippen LogP contribution in [0.1, 0.15) is 37.0 Å². The molecule has 1 aromatic carbocycles. The molecule has 1 aromatic rings. The molecule has 0 spiro atoms. The first kappa shape index (κ1) is 16.5. The van der Waals surface area contributed by atoms with Gasteiger partial charge < -0.3 is 16.4 Å². The van der Waals surface area contributed by atoms with Gasteiger partial charge in [-0.2, -0.15) is 0 Å². The summed E-state index contributed by atoms with van der Waals surface area (Å²) < 4.78 is 0.747. The lowest BCUT2D eigenvalue weighted by atomic mass is 10.2. The molecule has 0 aliphatic carbocycles. The highest BCUT2D eigenvalue weighted by molar-refractivity contribution is 9.10. The fourth-order valence-corrected chi connectivity index (χ4v) is 2.10. The third-order valence-corrected chi connectivity index (χ3v) is 3.30. The van der Waals surface area contributed by atoms with E-state index in [0.717, 1.165) is 10.9 Å². The maximum Gasteiger partial charge on any atom is 0.251 e. The maximum absolute atomic E-state index is 11.9.